The fourth-order valence-electron chi connectivity index (χ4n) is 3.46. The number of nitrogens with zero attached hydrogens (tertiary/aromatic N) is 2. The number of thiazole rings is 1. The highest BCUT2D eigenvalue weighted by Gasteiger charge is 2.33. The summed E-state index contributed by atoms with van der Waals surface area (Å²) in [5, 5.41) is 9.48. The first-order valence-corrected chi connectivity index (χ1v) is 10.3. The van der Waals surface area contributed by atoms with Gasteiger partial charge < -0.3 is 9.84 Å². The van der Waals surface area contributed by atoms with Gasteiger partial charge in [0, 0.05) is 0 Å². The van der Waals surface area contributed by atoms with Crippen molar-refractivity contribution >= 4 is 23.4 Å². The molecule has 6 nitrogen and oxygen atoms in total. The third-order valence-electron chi connectivity index (χ3n) is 4.82. The average Bonchev–Trinajstić information content (AvgIpc) is 3.04. The molecule has 1 atom stereocenters. The molecule has 7 heteroatoms. The molecule has 3 aromatic rings. The Morgan fingerprint density at radius 2 is 1.90 bits per heavy atom. The van der Waals surface area contributed by atoms with Gasteiger partial charge in [-0.3, -0.25) is 9.36 Å². The lowest BCUT2D eigenvalue weighted by Crippen LogP contribution is -2.39. The van der Waals surface area contributed by atoms with Crippen molar-refractivity contribution in [1.82, 2.24) is 4.57 Å². The van der Waals surface area contributed by atoms with E-state index in [1.165, 1.54) is 11.3 Å². The van der Waals surface area contributed by atoms with Crippen LogP contribution >= 0.6 is 11.3 Å². The molecule has 30 heavy (non-hydrogen) atoms. The number of hydrogen-bond donors (Lipinski definition) is 1. The number of aromatic nitrogens is 1. The van der Waals surface area contributed by atoms with Crippen molar-refractivity contribution in [3.8, 4) is 5.75 Å². The number of fused-ring (bicyclic) bond motifs is 1. The van der Waals surface area contributed by atoms with E-state index in [4.69, 9.17) is 4.74 Å². The second-order valence-electron chi connectivity index (χ2n) is 6.80. The Hall–Kier alpha value is -3.45. The zero-order valence-electron chi connectivity index (χ0n) is 16.5. The van der Waals surface area contributed by atoms with E-state index in [1.807, 2.05) is 30.3 Å². The number of carbonyl (C=O) groups is 1. The summed E-state index contributed by atoms with van der Waals surface area (Å²) in [6.07, 6.45) is 1.76. The van der Waals surface area contributed by atoms with Gasteiger partial charge in [0.2, 0.25) is 0 Å². The van der Waals surface area contributed by atoms with Crippen molar-refractivity contribution in [3.05, 3.63) is 96.7 Å². The molecule has 0 radical (unpaired) electrons. The minimum Gasteiger partial charge on any atom is -0.508 e. The van der Waals surface area contributed by atoms with Crippen LogP contribution in [0.2, 0.25) is 0 Å². The number of allylic oxidation sites excluding steroid dienone is 1. The summed E-state index contributed by atoms with van der Waals surface area (Å²) in [7, 11) is 0. The van der Waals surface area contributed by atoms with Crippen molar-refractivity contribution in [1.29, 1.82) is 0 Å². The Bertz CT molecular complexity index is 1300. The van der Waals surface area contributed by atoms with E-state index < -0.39 is 12.0 Å². The van der Waals surface area contributed by atoms with Gasteiger partial charge in [0.25, 0.3) is 5.56 Å². The zero-order valence-corrected chi connectivity index (χ0v) is 17.3. The summed E-state index contributed by atoms with van der Waals surface area (Å²) in [5.74, 6) is -0.312. The number of hydrogen-bond acceptors (Lipinski definition) is 6. The van der Waals surface area contributed by atoms with Crippen LogP contribution in [0.15, 0.2) is 75.7 Å². The molecule has 2 heterocycles. The molecule has 0 spiro atoms. The lowest BCUT2D eigenvalue weighted by atomic mass is 9.96. The van der Waals surface area contributed by atoms with Gasteiger partial charge in [-0.15, -0.1) is 0 Å². The van der Waals surface area contributed by atoms with Crippen LogP contribution in [0.3, 0.4) is 0 Å². The number of aromatic hydroxyl groups is 1. The Labute approximate surface area is 176 Å². The van der Waals surface area contributed by atoms with Crippen LogP contribution in [0.25, 0.3) is 6.08 Å². The van der Waals surface area contributed by atoms with Gasteiger partial charge in [-0.1, -0.05) is 53.8 Å². The summed E-state index contributed by atoms with van der Waals surface area (Å²) < 4.78 is 7.33. The summed E-state index contributed by atoms with van der Waals surface area (Å²) in [6, 6.07) is 15.4. The first-order valence-electron chi connectivity index (χ1n) is 9.53. The maximum absolute atomic E-state index is 13.4. The molecule has 1 aliphatic heterocycles. The first kappa shape index (κ1) is 19.8. The summed E-state index contributed by atoms with van der Waals surface area (Å²) in [5.41, 5.74) is 2.28. The Balaban J connectivity index is 1.94. The molecule has 1 aromatic heterocycles. The molecule has 1 N–H and O–H groups in total. The standard InChI is InChI=1S/C23H20N2O4S/c1-3-29-22(28)19-14(2)24-23-25(20(19)16-7-5-4-6-8-16)21(27)18(30-23)13-15-9-11-17(26)12-10-15/h4-13,20,26H,3H2,1-2H3/b18-13-/t20-/m0/s1. The number of esters is 1. The monoisotopic (exact) mass is 420 g/mol. The first-order chi connectivity index (χ1) is 14.5. The SMILES string of the molecule is CCOC(=O)C1=C(C)N=c2s/c(=C\c3ccc(O)cc3)c(=O)n2[C@H]1c1ccccc1. The molecular formula is C23H20N2O4S. The van der Waals surface area contributed by atoms with Crippen LogP contribution < -0.4 is 14.9 Å². The lowest BCUT2D eigenvalue weighted by Gasteiger charge is -2.24. The van der Waals surface area contributed by atoms with Crippen molar-refractivity contribution in [2.75, 3.05) is 6.61 Å². The smallest absolute Gasteiger partial charge is 0.338 e. The number of ether oxygens (including phenoxy) is 1. The van der Waals surface area contributed by atoms with E-state index in [0.29, 0.717) is 20.6 Å². The maximum atomic E-state index is 13.4. The van der Waals surface area contributed by atoms with Crippen molar-refractivity contribution in [2.24, 2.45) is 4.99 Å². The van der Waals surface area contributed by atoms with E-state index in [1.54, 1.807) is 48.8 Å². The molecule has 0 aliphatic carbocycles. The number of benzene rings is 2. The van der Waals surface area contributed by atoms with Crippen LogP contribution in [0.1, 0.15) is 31.0 Å². The third kappa shape index (κ3) is 3.59. The normalized spacial score (nSPS) is 16.2. The van der Waals surface area contributed by atoms with Crippen molar-refractivity contribution < 1.29 is 14.6 Å². The van der Waals surface area contributed by atoms with Crippen LogP contribution in [-0.4, -0.2) is 22.2 Å². The quantitative estimate of drug-likeness (QED) is 0.658. The van der Waals surface area contributed by atoms with Gasteiger partial charge >= 0.3 is 5.97 Å². The number of phenolic OH excluding ortho intramolecular Hbond substituents is 1. The summed E-state index contributed by atoms with van der Waals surface area (Å²) in [4.78, 5) is 31.2. The van der Waals surface area contributed by atoms with E-state index in [9.17, 15) is 14.7 Å². The molecule has 0 bridgehead atoms. The average molecular weight is 420 g/mol. The highest BCUT2D eigenvalue weighted by Crippen LogP contribution is 2.30. The molecule has 152 valence electrons. The van der Waals surface area contributed by atoms with Gasteiger partial charge in [-0.25, -0.2) is 9.79 Å². The predicted octanol–water partition coefficient (Wildman–Crippen LogP) is 2.50. The van der Waals surface area contributed by atoms with E-state index in [0.717, 1.165) is 11.1 Å². The largest absolute Gasteiger partial charge is 0.508 e. The molecule has 0 saturated heterocycles. The molecule has 1 aliphatic rings. The second-order valence-corrected chi connectivity index (χ2v) is 7.81. The Morgan fingerprint density at radius 1 is 1.20 bits per heavy atom. The van der Waals surface area contributed by atoms with Gasteiger partial charge in [0.05, 0.1) is 28.5 Å². The molecule has 2 aromatic carbocycles. The zero-order chi connectivity index (χ0) is 21.3. The highest BCUT2D eigenvalue weighted by molar-refractivity contribution is 7.07. The predicted molar refractivity (Wildman–Crippen MR) is 115 cm³/mol. The van der Waals surface area contributed by atoms with Gasteiger partial charge in [-0.2, -0.15) is 0 Å². The number of rotatable bonds is 4. The molecule has 0 fully saturated rings. The van der Waals surface area contributed by atoms with Crippen LogP contribution in [0.5, 0.6) is 5.75 Å². The topological polar surface area (TPSA) is 80.9 Å². The minimum absolute atomic E-state index is 0.160. The van der Waals surface area contributed by atoms with Crippen LogP contribution in [0, 0.1) is 0 Å². The molecule has 4 rings (SSSR count). The molecule has 0 amide bonds. The van der Waals surface area contributed by atoms with Gasteiger partial charge in [-0.05, 0) is 43.2 Å². The van der Waals surface area contributed by atoms with Crippen LogP contribution in [0.4, 0.5) is 0 Å². The van der Waals surface area contributed by atoms with E-state index in [-0.39, 0.29) is 17.9 Å². The Kier molecular flexibility index (Phi) is 5.37. The van der Waals surface area contributed by atoms with Crippen molar-refractivity contribution in [3.63, 3.8) is 0 Å². The number of phenols is 1. The Morgan fingerprint density at radius 3 is 2.57 bits per heavy atom. The molecule has 0 unspecified atom stereocenters. The van der Waals surface area contributed by atoms with E-state index >= 15 is 0 Å². The molecule has 0 saturated carbocycles. The van der Waals surface area contributed by atoms with Gasteiger partial charge in [0.15, 0.2) is 4.80 Å². The number of carbonyl (C=O) groups excluding carboxylic acids is 1. The van der Waals surface area contributed by atoms with Crippen molar-refractivity contribution in [2.45, 2.75) is 19.9 Å². The summed E-state index contributed by atoms with van der Waals surface area (Å²) >= 11 is 1.27. The lowest BCUT2D eigenvalue weighted by molar-refractivity contribution is -0.139. The second kappa shape index (κ2) is 8.12. The maximum Gasteiger partial charge on any atom is 0.338 e. The third-order valence-corrected chi connectivity index (χ3v) is 5.81. The fourth-order valence-corrected chi connectivity index (χ4v) is 4.51. The molecular weight excluding hydrogens is 400 g/mol. The van der Waals surface area contributed by atoms with Crippen LogP contribution in [-0.2, 0) is 9.53 Å². The van der Waals surface area contributed by atoms with E-state index in [2.05, 4.69) is 4.99 Å². The fraction of sp³-hybridized carbons (Fsp3) is 0.174. The highest BCUT2D eigenvalue weighted by atomic mass is 32.1. The minimum atomic E-state index is -0.608. The van der Waals surface area contributed by atoms with Gasteiger partial charge in [0.1, 0.15) is 5.75 Å². The summed E-state index contributed by atoms with van der Waals surface area (Å²) in [6.45, 7) is 3.75.